The molecule has 1 aromatic rings. The second-order valence-corrected chi connectivity index (χ2v) is 5.90. The number of rotatable bonds is 2. The normalized spacial score (nSPS) is 27.8. The maximum atomic E-state index is 6.02. The number of methoxy groups -OCH3 is 1. The molecule has 2 rings (SSSR count). The second-order valence-electron chi connectivity index (χ2n) is 5.90. The number of benzene rings is 1. The SMILES string of the molecule is COc1ccc(C2(C)CC(C)(C)CCO2)cc1. The lowest BCUT2D eigenvalue weighted by Crippen LogP contribution is -2.38. The molecule has 0 radical (unpaired) electrons. The van der Waals surface area contributed by atoms with E-state index in [4.69, 9.17) is 9.47 Å². The van der Waals surface area contributed by atoms with Crippen LogP contribution in [0.25, 0.3) is 0 Å². The Morgan fingerprint density at radius 2 is 1.76 bits per heavy atom. The lowest BCUT2D eigenvalue weighted by atomic mass is 9.74. The summed E-state index contributed by atoms with van der Waals surface area (Å²) in [6, 6.07) is 8.23. The summed E-state index contributed by atoms with van der Waals surface area (Å²) in [5.41, 5.74) is 1.44. The van der Waals surface area contributed by atoms with Gasteiger partial charge in [-0.25, -0.2) is 0 Å². The van der Waals surface area contributed by atoms with Crippen molar-refractivity contribution in [1.29, 1.82) is 0 Å². The fourth-order valence-electron chi connectivity index (χ4n) is 2.73. The topological polar surface area (TPSA) is 18.5 Å². The van der Waals surface area contributed by atoms with E-state index in [0.29, 0.717) is 5.41 Å². The third-order valence-electron chi connectivity index (χ3n) is 3.72. The summed E-state index contributed by atoms with van der Waals surface area (Å²) in [5, 5.41) is 0. The highest BCUT2D eigenvalue weighted by Gasteiger charge is 2.38. The number of hydrogen-bond donors (Lipinski definition) is 0. The maximum absolute atomic E-state index is 6.02. The molecule has 1 heterocycles. The minimum Gasteiger partial charge on any atom is -0.497 e. The fraction of sp³-hybridized carbons (Fsp3) is 0.600. The highest BCUT2D eigenvalue weighted by Crippen LogP contribution is 2.44. The minimum absolute atomic E-state index is 0.159. The predicted octanol–water partition coefficient (Wildman–Crippen LogP) is 3.75. The van der Waals surface area contributed by atoms with Crippen LogP contribution in [0, 0.1) is 5.41 Å². The van der Waals surface area contributed by atoms with E-state index in [1.165, 1.54) is 5.56 Å². The molecule has 0 N–H and O–H groups in total. The Morgan fingerprint density at radius 3 is 2.29 bits per heavy atom. The molecule has 0 saturated carbocycles. The first-order valence-corrected chi connectivity index (χ1v) is 6.24. The van der Waals surface area contributed by atoms with Crippen molar-refractivity contribution in [3.63, 3.8) is 0 Å². The smallest absolute Gasteiger partial charge is 0.118 e. The van der Waals surface area contributed by atoms with Crippen molar-refractivity contribution in [3.8, 4) is 5.75 Å². The first kappa shape index (κ1) is 12.4. The van der Waals surface area contributed by atoms with Gasteiger partial charge in [0.25, 0.3) is 0 Å². The molecule has 1 atom stereocenters. The van der Waals surface area contributed by atoms with Gasteiger partial charge < -0.3 is 9.47 Å². The molecule has 0 bridgehead atoms. The lowest BCUT2D eigenvalue weighted by Gasteiger charge is -2.43. The van der Waals surface area contributed by atoms with Crippen molar-refractivity contribution in [2.75, 3.05) is 13.7 Å². The zero-order chi connectivity index (χ0) is 12.5. The van der Waals surface area contributed by atoms with Crippen molar-refractivity contribution < 1.29 is 9.47 Å². The molecule has 1 saturated heterocycles. The van der Waals surface area contributed by atoms with Gasteiger partial charge in [0.2, 0.25) is 0 Å². The summed E-state index contributed by atoms with van der Waals surface area (Å²) in [6.45, 7) is 7.67. The first-order valence-electron chi connectivity index (χ1n) is 6.24. The van der Waals surface area contributed by atoms with Crippen LogP contribution in [0.5, 0.6) is 5.75 Å². The van der Waals surface area contributed by atoms with Crippen LogP contribution in [0.1, 0.15) is 39.2 Å². The monoisotopic (exact) mass is 234 g/mol. The molecule has 0 spiro atoms. The van der Waals surface area contributed by atoms with Gasteiger partial charge in [-0.2, -0.15) is 0 Å². The van der Waals surface area contributed by atoms with Crippen LogP contribution in [-0.2, 0) is 10.3 Å². The number of ether oxygens (including phenoxy) is 2. The van der Waals surface area contributed by atoms with E-state index in [9.17, 15) is 0 Å². The molecular weight excluding hydrogens is 212 g/mol. The third kappa shape index (κ3) is 2.63. The molecule has 1 fully saturated rings. The molecule has 2 heteroatoms. The Morgan fingerprint density at radius 1 is 1.12 bits per heavy atom. The Bertz CT molecular complexity index is 380. The number of hydrogen-bond acceptors (Lipinski definition) is 2. The van der Waals surface area contributed by atoms with Gasteiger partial charge in [-0.15, -0.1) is 0 Å². The molecule has 17 heavy (non-hydrogen) atoms. The van der Waals surface area contributed by atoms with Crippen LogP contribution in [0.3, 0.4) is 0 Å². The van der Waals surface area contributed by atoms with Gasteiger partial charge in [0.05, 0.1) is 12.7 Å². The Hall–Kier alpha value is -1.02. The molecular formula is C15H22O2. The van der Waals surface area contributed by atoms with Crippen LogP contribution in [-0.4, -0.2) is 13.7 Å². The quantitative estimate of drug-likeness (QED) is 0.776. The first-order chi connectivity index (χ1) is 7.95. The molecule has 0 aromatic heterocycles. The van der Waals surface area contributed by atoms with Crippen molar-refractivity contribution in [3.05, 3.63) is 29.8 Å². The van der Waals surface area contributed by atoms with E-state index in [1.54, 1.807) is 7.11 Å². The van der Waals surface area contributed by atoms with Crippen molar-refractivity contribution in [1.82, 2.24) is 0 Å². The van der Waals surface area contributed by atoms with E-state index >= 15 is 0 Å². The average Bonchev–Trinajstić information content (AvgIpc) is 2.27. The van der Waals surface area contributed by atoms with Gasteiger partial charge in [-0.1, -0.05) is 26.0 Å². The summed E-state index contributed by atoms with van der Waals surface area (Å²) in [6.07, 6.45) is 2.20. The highest BCUT2D eigenvalue weighted by molar-refractivity contribution is 5.31. The minimum atomic E-state index is -0.159. The summed E-state index contributed by atoms with van der Waals surface area (Å²) < 4.78 is 11.2. The predicted molar refractivity (Wildman–Crippen MR) is 69.3 cm³/mol. The Labute approximate surface area is 104 Å². The van der Waals surface area contributed by atoms with Gasteiger partial charge in [-0.3, -0.25) is 0 Å². The molecule has 2 nitrogen and oxygen atoms in total. The van der Waals surface area contributed by atoms with E-state index in [-0.39, 0.29) is 5.60 Å². The zero-order valence-corrected chi connectivity index (χ0v) is 11.2. The molecule has 1 aromatic carbocycles. The van der Waals surface area contributed by atoms with Gasteiger partial charge in [0.1, 0.15) is 5.75 Å². The Balaban J connectivity index is 2.24. The van der Waals surface area contributed by atoms with Crippen molar-refractivity contribution in [2.24, 2.45) is 5.41 Å². The third-order valence-corrected chi connectivity index (χ3v) is 3.72. The molecule has 0 amide bonds. The van der Waals surface area contributed by atoms with Crippen LogP contribution in [0.4, 0.5) is 0 Å². The highest BCUT2D eigenvalue weighted by atomic mass is 16.5. The zero-order valence-electron chi connectivity index (χ0n) is 11.2. The van der Waals surface area contributed by atoms with E-state index < -0.39 is 0 Å². The summed E-state index contributed by atoms with van der Waals surface area (Å²) >= 11 is 0. The van der Waals surface area contributed by atoms with E-state index in [0.717, 1.165) is 25.2 Å². The van der Waals surface area contributed by atoms with Gasteiger partial charge in [0.15, 0.2) is 0 Å². The van der Waals surface area contributed by atoms with Gasteiger partial charge in [-0.05, 0) is 42.9 Å². The van der Waals surface area contributed by atoms with Crippen LogP contribution in [0.15, 0.2) is 24.3 Å². The Kier molecular flexibility index (Phi) is 3.17. The molecule has 1 aliphatic heterocycles. The molecule has 94 valence electrons. The van der Waals surface area contributed by atoms with Crippen molar-refractivity contribution in [2.45, 2.75) is 39.2 Å². The summed E-state index contributed by atoms with van der Waals surface area (Å²) in [4.78, 5) is 0. The fourth-order valence-corrected chi connectivity index (χ4v) is 2.73. The van der Waals surface area contributed by atoms with Crippen LogP contribution < -0.4 is 4.74 Å². The molecule has 0 aliphatic carbocycles. The summed E-state index contributed by atoms with van der Waals surface area (Å²) in [5.74, 6) is 0.896. The standard InChI is InChI=1S/C15H22O2/c1-14(2)9-10-17-15(3,11-14)12-5-7-13(16-4)8-6-12/h5-8H,9-11H2,1-4H3. The average molecular weight is 234 g/mol. The largest absolute Gasteiger partial charge is 0.497 e. The van der Waals surface area contributed by atoms with Crippen LogP contribution >= 0.6 is 0 Å². The second kappa shape index (κ2) is 4.34. The summed E-state index contributed by atoms with van der Waals surface area (Å²) in [7, 11) is 1.69. The van der Waals surface area contributed by atoms with Gasteiger partial charge >= 0.3 is 0 Å². The maximum Gasteiger partial charge on any atom is 0.118 e. The molecule has 1 aliphatic rings. The molecule has 1 unspecified atom stereocenters. The van der Waals surface area contributed by atoms with Crippen molar-refractivity contribution >= 4 is 0 Å². The van der Waals surface area contributed by atoms with Gasteiger partial charge in [0, 0.05) is 6.61 Å². The van der Waals surface area contributed by atoms with E-state index in [2.05, 4.69) is 32.9 Å². The van der Waals surface area contributed by atoms with E-state index in [1.807, 2.05) is 12.1 Å². The lowest BCUT2D eigenvalue weighted by molar-refractivity contribution is -0.112. The van der Waals surface area contributed by atoms with Crippen LogP contribution in [0.2, 0.25) is 0 Å².